The van der Waals surface area contributed by atoms with Crippen LogP contribution in [0, 0.1) is 0 Å². The molecule has 2 radical (unpaired) electrons. The number of hydrogen-bond donors (Lipinski definition) is 1. The Morgan fingerprint density at radius 3 is 2.26 bits per heavy atom. The number of rotatable bonds is 11. The van der Waals surface area contributed by atoms with Crippen LogP contribution in [0.4, 0.5) is 0 Å². The van der Waals surface area contributed by atoms with Gasteiger partial charge in [0, 0.05) is 44.2 Å². The van der Waals surface area contributed by atoms with Gasteiger partial charge >= 0.3 is 5.97 Å². The molecule has 0 aliphatic rings. The molecule has 1 N–H and O–H groups in total. The molecule has 0 aliphatic carbocycles. The van der Waals surface area contributed by atoms with E-state index in [0.717, 1.165) is 19.3 Å². The van der Waals surface area contributed by atoms with Crippen LogP contribution < -0.4 is 0 Å². The molecule has 7 heteroatoms. The van der Waals surface area contributed by atoms with Crippen LogP contribution in [0.3, 0.4) is 0 Å². The largest absolute Gasteiger partial charge is 0.466 e. The van der Waals surface area contributed by atoms with Gasteiger partial charge in [-0.15, -0.1) is 0 Å². The monoisotopic (exact) mass is 320 g/mol. The quantitative estimate of drug-likeness (QED) is 0.273. The van der Waals surface area contributed by atoms with E-state index in [1.165, 1.54) is 12.8 Å². The van der Waals surface area contributed by atoms with Gasteiger partial charge in [-0.3, -0.25) is 9.35 Å². The van der Waals surface area contributed by atoms with Crippen LogP contribution in [-0.2, 0) is 19.6 Å². The van der Waals surface area contributed by atoms with E-state index in [4.69, 9.17) is 9.29 Å². The Balaban J connectivity index is 0. The molecule has 0 saturated heterocycles. The average Bonchev–Trinajstić information content (AvgIpc) is 2.27. The summed E-state index contributed by atoms with van der Waals surface area (Å²) in [6.45, 7) is 2.37. The number of esters is 1. The minimum Gasteiger partial charge on any atom is -0.466 e. The Labute approximate surface area is 146 Å². The summed E-state index contributed by atoms with van der Waals surface area (Å²) >= 11 is 0. The van der Waals surface area contributed by atoms with E-state index < -0.39 is 10.1 Å². The average molecular weight is 320 g/mol. The maximum absolute atomic E-state index is 11.2. The molecular formula is C12H24CaO5S. The summed E-state index contributed by atoms with van der Waals surface area (Å²) < 4.78 is 34.2. The van der Waals surface area contributed by atoms with E-state index in [9.17, 15) is 13.2 Å². The van der Waals surface area contributed by atoms with Crippen LogP contribution in [0.5, 0.6) is 0 Å². The summed E-state index contributed by atoms with van der Waals surface area (Å²) in [7, 11) is -3.89. The van der Waals surface area contributed by atoms with Crippen LogP contribution in [0.2, 0.25) is 0 Å². The van der Waals surface area contributed by atoms with Crippen LogP contribution >= 0.6 is 0 Å². The zero-order valence-corrected chi connectivity index (χ0v) is 14.8. The van der Waals surface area contributed by atoms with Gasteiger partial charge in [0.25, 0.3) is 10.1 Å². The second kappa shape index (κ2) is 13.6. The fraction of sp³-hybridized carbons (Fsp3) is 0.917. The molecule has 0 aromatic rings. The molecule has 0 amide bonds. The molecule has 110 valence electrons. The summed E-state index contributed by atoms with van der Waals surface area (Å²) in [5, 5.41) is 0. The van der Waals surface area contributed by atoms with Gasteiger partial charge < -0.3 is 4.74 Å². The Morgan fingerprint density at radius 2 is 1.68 bits per heavy atom. The maximum Gasteiger partial charge on any atom is 0.305 e. The zero-order valence-electron chi connectivity index (χ0n) is 11.8. The number of ether oxygens (including phenoxy) is 1. The molecule has 0 heterocycles. The number of hydrogen-bond acceptors (Lipinski definition) is 4. The van der Waals surface area contributed by atoms with Crippen molar-refractivity contribution in [2.24, 2.45) is 0 Å². The topological polar surface area (TPSA) is 80.7 Å². The summed E-state index contributed by atoms with van der Waals surface area (Å²) in [5.41, 5.74) is 0. The molecule has 0 unspecified atom stereocenters. The fourth-order valence-corrected chi connectivity index (χ4v) is 2.09. The van der Waals surface area contributed by atoms with Gasteiger partial charge in [0.15, 0.2) is 0 Å². The first-order chi connectivity index (χ1) is 8.45. The van der Waals surface area contributed by atoms with Crippen molar-refractivity contribution in [3.63, 3.8) is 0 Å². The van der Waals surface area contributed by atoms with Crippen molar-refractivity contribution in [3.05, 3.63) is 0 Å². The molecule has 0 bridgehead atoms. The minimum atomic E-state index is -3.89. The van der Waals surface area contributed by atoms with Crippen LogP contribution in [-0.4, -0.2) is 69.0 Å². The number of unbranched alkanes of at least 4 members (excludes halogenated alkanes) is 5. The van der Waals surface area contributed by atoms with Gasteiger partial charge in [-0.05, 0) is 19.3 Å². The predicted octanol–water partition coefficient (Wildman–Crippen LogP) is 2.18. The van der Waals surface area contributed by atoms with E-state index in [1.807, 2.05) is 0 Å². The Kier molecular flexibility index (Phi) is 15.7. The third-order valence-electron chi connectivity index (χ3n) is 2.54. The van der Waals surface area contributed by atoms with E-state index >= 15 is 0 Å². The van der Waals surface area contributed by atoms with Crippen LogP contribution in [0.15, 0.2) is 0 Å². The van der Waals surface area contributed by atoms with E-state index in [0.29, 0.717) is 19.3 Å². The van der Waals surface area contributed by atoms with Crippen molar-refractivity contribution in [2.45, 2.75) is 58.3 Å². The van der Waals surface area contributed by atoms with Crippen molar-refractivity contribution in [2.75, 3.05) is 12.4 Å². The first-order valence-corrected chi connectivity index (χ1v) is 8.17. The van der Waals surface area contributed by atoms with Crippen LogP contribution in [0.25, 0.3) is 0 Å². The number of carbonyl (C=O) groups is 1. The third kappa shape index (κ3) is 18.6. The second-order valence-electron chi connectivity index (χ2n) is 4.38. The molecule has 19 heavy (non-hydrogen) atoms. The summed E-state index contributed by atoms with van der Waals surface area (Å²) in [4.78, 5) is 11.2. The smallest absolute Gasteiger partial charge is 0.305 e. The molecule has 0 aliphatic heterocycles. The minimum absolute atomic E-state index is 0. The molecule has 0 aromatic carbocycles. The van der Waals surface area contributed by atoms with Gasteiger partial charge in [0.1, 0.15) is 0 Å². The maximum atomic E-state index is 11.2. The van der Waals surface area contributed by atoms with Gasteiger partial charge in [0.05, 0.1) is 12.4 Å². The molecule has 5 nitrogen and oxygen atoms in total. The van der Waals surface area contributed by atoms with Gasteiger partial charge in [0.2, 0.25) is 0 Å². The molecule has 0 spiro atoms. The second-order valence-corrected chi connectivity index (χ2v) is 5.95. The molecule has 0 saturated carbocycles. The van der Waals surface area contributed by atoms with Gasteiger partial charge in [-0.1, -0.05) is 32.6 Å². The van der Waals surface area contributed by atoms with Crippen molar-refractivity contribution in [1.29, 1.82) is 0 Å². The normalized spacial score (nSPS) is 10.8. The molecule has 0 rings (SSSR count). The number of carbonyl (C=O) groups excluding carboxylic acids is 1. The fourth-order valence-electron chi connectivity index (χ4n) is 1.52. The molecular weight excluding hydrogens is 296 g/mol. The van der Waals surface area contributed by atoms with E-state index in [2.05, 4.69) is 6.92 Å². The zero-order chi connectivity index (χ0) is 13.9. The third-order valence-corrected chi connectivity index (χ3v) is 3.35. The van der Waals surface area contributed by atoms with Crippen molar-refractivity contribution in [1.82, 2.24) is 0 Å². The predicted molar refractivity (Wildman–Crippen MR) is 75.7 cm³/mol. The van der Waals surface area contributed by atoms with Crippen LogP contribution in [0.1, 0.15) is 58.3 Å². The summed E-state index contributed by atoms with van der Waals surface area (Å²) in [5.74, 6) is -0.500. The van der Waals surface area contributed by atoms with Crippen molar-refractivity contribution in [3.8, 4) is 0 Å². The summed E-state index contributed by atoms with van der Waals surface area (Å²) in [6.07, 6.45) is 6.63. The molecule has 0 aromatic heterocycles. The van der Waals surface area contributed by atoms with E-state index in [1.54, 1.807) is 0 Å². The Hall–Kier alpha value is 0.640. The SMILES string of the molecule is CCCCCCCC(=O)OCCCCS(=O)(=O)O.[Ca]. The molecule has 0 atom stereocenters. The van der Waals surface area contributed by atoms with Gasteiger partial charge in [-0.25, -0.2) is 0 Å². The Morgan fingerprint density at radius 1 is 1.05 bits per heavy atom. The van der Waals surface area contributed by atoms with Crippen molar-refractivity contribution < 1.29 is 22.5 Å². The standard InChI is InChI=1S/C12H24O5S.Ca/c1-2-3-4-5-6-9-12(13)17-10-7-8-11-18(14,15)16;/h2-11H2,1H3,(H,14,15,16);. The van der Waals surface area contributed by atoms with E-state index in [-0.39, 0.29) is 56.1 Å². The molecule has 0 fully saturated rings. The van der Waals surface area contributed by atoms with Gasteiger partial charge in [-0.2, -0.15) is 8.42 Å². The Bertz CT molecular complexity index is 316. The first-order valence-electron chi connectivity index (χ1n) is 6.56. The first kappa shape index (κ1) is 21.9. The van der Waals surface area contributed by atoms with Crippen molar-refractivity contribution >= 4 is 53.8 Å². The summed E-state index contributed by atoms with van der Waals surface area (Å²) in [6, 6.07) is 0.